The van der Waals surface area contributed by atoms with Gasteiger partial charge in [0.05, 0.1) is 13.2 Å². The molecule has 0 aliphatic rings. The molecule has 0 heterocycles. The fraction of sp³-hybridized carbons (Fsp3) is 0.600. The van der Waals surface area contributed by atoms with E-state index < -0.39 is 18.4 Å². The number of rotatable bonds is 2. The Hall–Kier alpha value is -0.437. The predicted molar refractivity (Wildman–Crippen MR) is 31.0 cm³/mol. The molecule has 0 aliphatic heterocycles. The molecule has 0 aromatic rings. The molecule has 0 rings (SSSR count). The zero-order chi connectivity index (χ0) is 12.1. The third-order valence-electron chi connectivity index (χ3n) is 0.421. The monoisotopic (exact) mass is 331 g/mol. The van der Waals surface area contributed by atoms with Crippen molar-refractivity contribution in [1.82, 2.24) is 0 Å². The molecule has 16 heavy (non-hydrogen) atoms. The average molecular weight is 332 g/mol. The van der Waals surface area contributed by atoms with E-state index in [1.165, 1.54) is 0 Å². The summed E-state index contributed by atoms with van der Waals surface area (Å²) in [5.74, 6) is 0. The minimum absolute atomic E-state index is 0. The van der Waals surface area contributed by atoms with Crippen molar-refractivity contribution in [1.29, 1.82) is 0 Å². The zero-order valence-corrected chi connectivity index (χ0v) is 12.0. The standard InChI is InChI=1S/C3H8O3.2CH2O3.Mn.Zn/c4-1-3(6)2-5;2*2-1(3)4;;/h3-6H,1-2H2;2*(H2,2,3,4);;/q;;;2*+2/p-4. The van der Waals surface area contributed by atoms with Gasteiger partial charge < -0.3 is 45.3 Å². The van der Waals surface area contributed by atoms with Gasteiger partial charge in [-0.1, -0.05) is 0 Å². The van der Waals surface area contributed by atoms with Gasteiger partial charge in [-0.3, -0.25) is 0 Å². The Balaban J connectivity index is -0.0000000367. The Morgan fingerprint density at radius 3 is 1.06 bits per heavy atom. The Kier molecular flexibility index (Phi) is 44.4. The number of carbonyl (C=O) groups is 2. The van der Waals surface area contributed by atoms with Crippen molar-refractivity contribution in [3.63, 3.8) is 0 Å². The number of carbonyl (C=O) groups excluding carboxylic acids is 2. The maximum Gasteiger partial charge on any atom is 2.00 e. The summed E-state index contributed by atoms with van der Waals surface area (Å²) in [6.45, 7) is -0.729. The molecule has 0 atom stereocenters. The second kappa shape index (κ2) is 24.0. The number of aliphatic hydroxyl groups excluding tert-OH is 3. The van der Waals surface area contributed by atoms with Gasteiger partial charge in [0.1, 0.15) is 6.10 Å². The molecule has 1 radical (unpaired) electrons. The molecule has 0 bridgehead atoms. The molecule has 0 aromatic heterocycles. The largest absolute Gasteiger partial charge is 2.00 e. The summed E-state index contributed by atoms with van der Waals surface area (Å²) < 4.78 is 0. The molecule has 91 valence electrons. The number of carboxylic acid groups (broad SMARTS) is 4. The van der Waals surface area contributed by atoms with Gasteiger partial charge in [0.15, 0.2) is 0 Å². The van der Waals surface area contributed by atoms with E-state index in [1.807, 2.05) is 0 Å². The van der Waals surface area contributed by atoms with Gasteiger partial charge in [-0.15, -0.1) is 0 Å². The van der Waals surface area contributed by atoms with Gasteiger partial charge in [-0.25, -0.2) is 0 Å². The van der Waals surface area contributed by atoms with E-state index in [4.69, 9.17) is 45.3 Å². The van der Waals surface area contributed by atoms with Crippen molar-refractivity contribution in [2.75, 3.05) is 13.2 Å². The minimum atomic E-state index is -2.33. The van der Waals surface area contributed by atoms with E-state index in [0.717, 1.165) is 0 Å². The Bertz CT molecular complexity index is 131. The molecule has 0 aliphatic carbocycles. The van der Waals surface area contributed by atoms with Crippen LogP contribution in [0.2, 0.25) is 0 Å². The normalized spacial score (nSPS) is 6.75. The Labute approximate surface area is 114 Å². The van der Waals surface area contributed by atoms with Crippen LogP contribution in [0.4, 0.5) is 9.59 Å². The number of aliphatic hydroxyl groups is 3. The van der Waals surface area contributed by atoms with E-state index in [-0.39, 0.29) is 49.8 Å². The van der Waals surface area contributed by atoms with Crippen molar-refractivity contribution in [2.45, 2.75) is 6.10 Å². The quantitative estimate of drug-likeness (QED) is 0.413. The van der Waals surface area contributed by atoms with Gasteiger partial charge in [0, 0.05) is 0 Å². The second-order valence-electron chi connectivity index (χ2n) is 1.52. The summed E-state index contributed by atoms with van der Waals surface area (Å²) in [6.07, 6.45) is -5.62. The van der Waals surface area contributed by atoms with Crippen LogP contribution in [0.15, 0.2) is 0 Å². The maximum absolute atomic E-state index is 8.33. The van der Waals surface area contributed by atoms with Crippen molar-refractivity contribution < 1.29 is 81.9 Å². The van der Waals surface area contributed by atoms with Crippen LogP contribution in [0, 0.1) is 0 Å². The molecule has 0 unspecified atom stereocenters. The Morgan fingerprint density at radius 2 is 1.06 bits per heavy atom. The summed E-state index contributed by atoms with van der Waals surface area (Å²) in [6, 6.07) is 0. The van der Waals surface area contributed by atoms with Crippen LogP contribution in [-0.4, -0.2) is 46.9 Å². The molecule has 11 heteroatoms. The van der Waals surface area contributed by atoms with Gasteiger partial charge in [0.25, 0.3) is 0 Å². The summed E-state index contributed by atoms with van der Waals surface area (Å²) >= 11 is 0. The molecule has 0 spiro atoms. The van der Waals surface area contributed by atoms with Crippen LogP contribution in [0.3, 0.4) is 0 Å². The average Bonchev–Trinajstić information content (AvgIpc) is 2.01. The summed E-state index contributed by atoms with van der Waals surface area (Å²) in [5.41, 5.74) is 0. The van der Waals surface area contributed by atoms with E-state index in [9.17, 15) is 0 Å². The summed E-state index contributed by atoms with van der Waals surface area (Å²) in [7, 11) is 0. The number of hydrogen-bond donors (Lipinski definition) is 3. The summed E-state index contributed by atoms with van der Waals surface area (Å²) in [4.78, 5) is 16.7. The first-order valence-electron chi connectivity index (χ1n) is 2.93. The molecule has 9 nitrogen and oxygen atoms in total. The summed E-state index contributed by atoms with van der Waals surface area (Å²) in [5, 5.41) is 57.3. The molecular formula is C5H8MnO9Zn. The fourth-order valence-corrected chi connectivity index (χ4v) is 0.0577. The van der Waals surface area contributed by atoms with E-state index >= 15 is 0 Å². The van der Waals surface area contributed by atoms with Gasteiger partial charge in [-0.2, -0.15) is 0 Å². The predicted octanol–water partition coefficient (Wildman–Crippen LogP) is -6.57. The number of hydrogen-bond acceptors (Lipinski definition) is 9. The van der Waals surface area contributed by atoms with Gasteiger partial charge >= 0.3 is 36.5 Å². The van der Waals surface area contributed by atoms with E-state index in [2.05, 4.69) is 0 Å². The second-order valence-corrected chi connectivity index (χ2v) is 1.52. The molecule has 0 saturated heterocycles. The first kappa shape index (κ1) is 29.6. The SMILES string of the molecule is O=C([O-])[O-].O=C([O-])[O-].OCC(O)CO.[Mn+2].[Zn+2]. The van der Waals surface area contributed by atoms with Crippen LogP contribution < -0.4 is 20.4 Å². The topological polar surface area (TPSA) is 187 Å². The van der Waals surface area contributed by atoms with Crippen LogP contribution in [0.25, 0.3) is 0 Å². The van der Waals surface area contributed by atoms with Gasteiger partial charge in [-0.05, 0) is 12.3 Å². The molecule has 0 amide bonds. The van der Waals surface area contributed by atoms with Crippen molar-refractivity contribution in [3.05, 3.63) is 0 Å². The third kappa shape index (κ3) is 169. The van der Waals surface area contributed by atoms with Crippen LogP contribution >= 0.6 is 0 Å². The molecule has 0 fully saturated rings. The Morgan fingerprint density at radius 1 is 0.938 bits per heavy atom. The van der Waals surface area contributed by atoms with Crippen LogP contribution in [0.5, 0.6) is 0 Å². The van der Waals surface area contributed by atoms with Crippen molar-refractivity contribution >= 4 is 12.3 Å². The van der Waals surface area contributed by atoms with Gasteiger partial charge in [0.2, 0.25) is 0 Å². The zero-order valence-electron chi connectivity index (χ0n) is 7.87. The smallest absolute Gasteiger partial charge is 0.652 e. The molecule has 0 saturated carbocycles. The molecule has 0 aromatic carbocycles. The molecule has 3 N–H and O–H groups in total. The van der Waals surface area contributed by atoms with E-state index in [1.54, 1.807) is 0 Å². The minimum Gasteiger partial charge on any atom is -0.652 e. The van der Waals surface area contributed by atoms with Crippen molar-refractivity contribution in [2.24, 2.45) is 0 Å². The van der Waals surface area contributed by atoms with Crippen LogP contribution in [0.1, 0.15) is 0 Å². The first-order chi connectivity index (χ1) is 6.27. The fourth-order valence-electron chi connectivity index (χ4n) is 0.0577. The van der Waals surface area contributed by atoms with E-state index in [0.29, 0.717) is 0 Å². The van der Waals surface area contributed by atoms with Crippen molar-refractivity contribution in [3.8, 4) is 0 Å². The molecular weight excluding hydrogens is 324 g/mol. The first-order valence-corrected chi connectivity index (χ1v) is 2.93. The van der Waals surface area contributed by atoms with Crippen LogP contribution in [-0.2, 0) is 36.5 Å². The maximum atomic E-state index is 8.33. The third-order valence-corrected chi connectivity index (χ3v) is 0.421.